The number of anilines is 1. The SMILES string of the molecule is CC(C)CC(C)OCCNc1cccc(F)c1. The lowest BCUT2D eigenvalue weighted by atomic mass is 10.1. The van der Waals surface area contributed by atoms with Crippen molar-refractivity contribution in [2.45, 2.75) is 33.3 Å². The lowest BCUT2D eigenvalue weighted by molar-refractivity contribution is 0.0591. The van der Waals surface area contributed by atoms with Gasteiger partial charge in [-0.3, -0.25) is 0 Å². The molecule has 1 rings (SSSR count). The number of ether oxygens (including phenoxy) is 1. The second-order valence-electron chi connectivity index (χ2n) is 4.75. The summed E-state index contributed by atoms with van der Waals surface area (Å²) < 4.78 is 18.5. The monoisotopic (exact) mass is 239 g/mol. The van der Waals surface area contributed by atoms with Gasteiger partial charge in [-0.25, -0.2) is 4.39 Å². The average molecular weight is 239 g/mol. The molecule has 3 heteroatoms. The topological polar surface area (TPSA) is 21.3 Å². The van der Waals surface area contributed by atoms with Crippen LogP contribution in [-0.2, 0) is 4.74 Å². The number of nitrogens with one attached hydrogen (secondary N) is 1. The van der Waals surface area contributed by atoms with Gasteiger partial charge in [-0.1, -0.05) is 19.9 Å². The second kappa shape index (κ2) is 7.28. The van der Waals surface area contributed by atoms with Crippen LogP contribution < -0.4 is 5.32 Å². The zero-order valence-corrected chi connectivity index (χ0v) is 10.9. The standard InChI is InChI=1S/C14H22FNO/c1-11(2)9-12(3)17-8-7-16-14-6-4-5-13(15)10-14/h4-6,10-12,16H,7-9H2,1-3H3. The van der Waals surface area contributed by atoms with Crippen molar-refractivity contribution in [2.24, 2.45) is 5.92 Å². The number of rotatable bonds is 7. The molecule has 0 bridgehead atoms. The molecule has 0 aromatic heterocycles. The fourth-order valence-corrected chi connectivity index (χ4v) is 1.79. The summed E-state index contributed by atoms with van der Waals surface area (Å²) in [4.78, 5) is 0. The molecule has 0 aliphatic rings. The van der Waals surface area contributed by atoms with Gasteiger partial charge in [0.15, 0.2) is 0 Å². The zero-order chi connectivity index (χ0) is 12.7. The van der Waals surface area contributed by atoms with Gasteiger partial charge in [0.1, 0.15) is 5.82 Å². The van der Waals surface area contributed by atoms with Gasteiger partial charge in [0, 0.05) is 12.2 Å². The lowest BCUT2D eigenvalue weighted by Crippen LogP contribution is -2.17. The van der Waals surface area contributed by atoms with Gasteiger partial charge in [-0.15, -0.1) is 0 Å². The van der Waals surface area contributed by atoms with Crippen LogP contribution in [0.15, 0.2) is 24.3 Å². The summed E-state index contributed by atoms with van der Waals surface area (Å²) in [6.07, 6.45) is 1.35. The van der Waals surface area contributed by atoms with Crippen molar-refractivity contribution in [3.05, 3.63) is 30.1 Å². The van der Waals surface area contributed by atoms with Crippen molar-refractivity contribution < 1.29 is 9.13 Å². The molecular weight excluding hydrogens is 217 g/mol. The molecule has 0 amide bonds. The van der Waals surface area contributed by atoms with E-state index in [0.717, 1.165) is 12.1 Å². The minimum atomic E-state index is -0.218. The molecule has 0 heterocycles. The quantitative estimate of drug-likeness (QED) is 0.733. The van der Waals surface area contributed by atoms with Crippen LogP contribution in [0.2, 0.25) is 0 Å². The molecule has 0 radical (unpaired) electrons. The molecule has 96 valence electrons. The van der Waals surface area contributed by atoms with Crippen LogP contribution in [0.1, 0.15) is 27.2 Å². The van der Waals surface area contributed by atoms with Gasteiger partial charge in [-0.2, -0.15) is 0 Å². The van der Waals surface area contributed by atoms with Crippen molar-refractivity contribution in [3.8, 4) is 0 Å². The van der Waals surface area contributed by atoms with Gasteiger partial charge >= 0.3 is 0 Å². The maximum atomic E-state index is 12.9. The average Bonchev–Trinajstić information content (AvgIpc) is 2.23. The normalized spacial score (nSPS) is 12.8. The first kappa shape index (κ1) is 14.0. The molecule has 17 heavy (non-hydrogen) atoms. The van der Waals surface area contributed by atoms with Crippen LogP contribution in [0, 0.1) is 11.7 Å². The third kappa shape index (κ3) is 6.27. The van der Waals surface area contributed by atoms with E-state index in [1.807, 2.05) is 6.07 Å². The smallest absolute Gasteiger partial charge is 0.125 e. The van der Waals surface area contributed by atoms with Gasteiger partial charge in [-0.05, 0) is 37.5 Å². The summed E-state index contributed by atoms with van der Waals surface area (Å²) in [7, 11) is 0. The highest BCUT2D eigenvalue weighted by Gasteiger charge is 2.04. The summed E-state index contributed by atoms with van der Waals surface area (Å²) in [5.74, 6) is 0.435. The molecule has 1 atom stereocenters. The van der Waals surface area contributed by atoms with Gasteiger partial charge in [0.05, 0.1) is 12.7 Å². The second-order valence-corrected chi connectivity index (χ2v) is 4.75. The third-order valence-electron chi connectivity index (χ3n) is 2.46. The van der Waals surface area contributed by atoms with Crippen molar-refractivity contribution >= 4 is 5.69 Å². The number of hydrogen-bond donors (Lipinski definition) is 1. The van der Waals surface area contributed by atoms with Crippen LogP contribution in [-0.4, -0.2) is 19.3 Å². The minimum Gasteiger partial charge on any atom is -0.383 e. The Morgan fingerprint density at radius 2 is 2.06 bits per heavy atom. The molecule has 0 aliphatic heterocycles. The summed E-state index contributed by atoms with van der Waals surface area (Å²) >= 11 is 0. The Morgan fingerprint density at radius 1 is 1.29 bits per heavy atom. The van der Waals surface area contributed by atoms with Crippen LogP contribution in [0.5, 0.6) is 0 Å². The molecule has 1 unspecified atom stereocenters. The van der Waals surface area contributed by atoms with E-state index in [1.165, 1.54) is 12.1 Å². The Labute approximate surface area is 103 Å². The van der Waals surface area contributed by atoms with Crippen LogP contribution in [0.4, 0.5) is 10.1 Å². The zero-order valence-electron chi connectivity index (χ0n) is 10.9. The predicted molar refractivity (Wildman–Crippen MR) is 69.8 cm³/mol. The fraction of sp³-hybridized carbons (Fsp3) is 0.571. The molecule has 0 saturated carbocycles. The Kier molecular flexibility index (Phi) is 5.98. The van der Waals surface area contributed by atoms with E-state index >= 15 is 0 Å². The van der Waals surface area contributed by atoms with Crippen LogP contribution >= 0.6 is 0 Å². The Bertz CT molecular complexity index is 328. The van der Waals surface area contributed by atoms with E-state index in [-0.39, 0.29) is 11.9 Å². The maximum absolute atomic E-state index is 12.9. The summed E-state index contributed by atoms with van der Waals surface area (Å²) in [5, 5.41) is 3.13. The molecule has 2 nitrogen and oxygen atoms in total. The minimum absolute atomic E-state index is 0.218. The van der Waals surface area contributed by atoms with E-state index in [0.29, 0.717) is 19.1 Å². The molecule has 1 aromatic rings. The van der Waals surface area contributed by atoms with E-state index in [1.54, 1.807) is 6.07 Å². The highest BCUT2D eigenvalue weighted by molar-refractivity contribution is 5.42. The van der Waals surface area contributed by atoms with E-state index < -0.39 is 0 Å². The summed E-state index contributed by atoms with van der Waals surface area (Å²) in [6, 6.07) is 6.46. The third-order valence-corrected chi connectivity index (χ3v) is 2.46. The number of benzene rings is 1. The van der Waals surface area contributed by atoms with E-state index in [4.69, 9.17) is 4.74 Å². The fourth-order valence-electron chi connectivity index (χ4n) is 1.79. The van der Waals surface area contributed by atoms with E-state index in [9.17, 15) is 4.39 Å². The molecule has 0 fully saturated rings. The van der Waals surface area contributed by atoms with Crippen LogP contribution in [0.3, 0.4) is 0 Å². The first-order valence-corrected chi connectivity index (χ1v) is 6.19. The maximum Gasteiger partial charge on any atom is 0.125 e. The predicted octanol–water partition coefficient (Wildman–Crippen LogP) is 3.69. The molecule has 0 spiro atoms. The Balaban J connectivity index is 2.16. The van der Waals surface area contributed by atoms with Gasteiger partial charge in [0.2, 0.25) is 0 Å². The Hall–Kier alpha value is -1.09. The molecule has 0 saturated heterocycles. The summed E-state index contributed by atoms with van der Waals surface area (Å²) in [6.45, 7) is 7.80. The highest BCUT2D eigenvalue weighted by atomic mass is 19.1. The highest BCUT2D eigenvalue weighted by Crippen LogP contribution is 2.09. The summed E-state index contributed by atoms with van der Waals surface area (Å²) in [5.41, 5.74) is 0.796. The van der Waals surface area contributed by atoms with Crippen molar-refractivity contribution in [2.75, 3.05) is 18.5 Å². The Morgan fingerprint density at radius 3 is 2.71 bits per heavy atom. The first-order chi connectivity index (χ1) is 8.08. The first-order valence-electron chi connectivity index (χ1n) is 6.19. The number of hydrogen-bond acceptors (Lipinski definition) is 2. The van der Waals surface area contributed by atoms with Crippen molar-refractivity contribution in [3.63, 3.8) is 0 Å². The molecule has 1 N–H and O–H groups in total. The largest absolute Gasteiger partial charge is 0.383 e. The lowest BCUT2D eigenvalue weighted by Gasteiger charge is -2.15. The molecule has 1 aromatic carbocycles. The van der Waals surface area contributed by atoms with Crippen LogP contribution in [0.25, 0.3) is 0 Å². The van der Waals surface area contributed by atoms with E-state index in [2.05, 4.69) is 26.1 Å². The van der Waals surface area contributed by atoms with Gasteiger partial charge in [0.25, 0.3) is 0 Å². The van der Waals surface area contributed by atoms with Crippen molar-refractivity contribution in [1.29, 1.82) is 0 Å². The number of halogens is 1. The molecular formula is C14H22FNO. The van der Waals surface area contributed by atoms with Crippen molar-refractivity contribution in [1.82, 2.24) is 0 Å². The van der Waals surface area contributed by atoms with Gasteiger partial charge < -0.3 is 10.1 Å². The molecule has 0 aliphatic carbocycles.